The predicted octanol–water partition coefficient (Wildman–Crippen LogP) is 1.94. The van der Waals surface area contributed by atoms with Gasteiger partial charge in [0.15, 0.2) is 0 Å². The number of hydrogen-bond donors (Lipinski definition) is 2. The highest BCUT2D eigenvalue weighted by Crippen LogP contribution is 2.24. The molecule has 1 aliphatic rings. The molecule has 1 fully saturated rings. The molecule has 0 radical (unpaired) electrons. The number of nitrogens with zero attached hydrogens (tertiary/aromatic N) is 3. The molecule has 108 valence electrons. The number of likely N-dealkylation sites (tertiary alicyclic amines) is 1. The zero-order valence-electron chi connectivity index (χ0n) is 12.4. The first-order valence-corrected chi connectivity index (χ1v) is 7.44. The van der Waals surface area contributed by atoms with Crippen molar-refractivity contribution in [2.24, 2.45) is 5.92 Å². The number of rotatable bonds is 6. The Kier molecular flexibility index (Phi) is 4.69. The summed E-state index contributed by atoms with van der Waals surface area (Å²) >= 11 is 0. The van der Waals surface area contributed by atoms with Crippen molar-refractivity contribution >= 4 is 11.5 Å². The Hall–Kier alpha value is -1.23. The van der Waals surface area contributed by atoms with Crippen LogP contribution in [-0.4, -0.2) is 40.9 Å². The summed E-state index contributed by atoms with van der Waals surface area (Å²) in [4.78, 5) is 2.50. The minimum atomic E-state index is 0.727. The maximum Gasteiger partial charge on any atom is 0.148 e. The molecule has 2 rings (SSSR count). The SMILES string of the molecule is CCCn1nc(C)c(N)c1NCC1CCN(CC)C1. The lowest BCUT2D eigenvalue weighted by molar-refractivity contribution is 0.345. The van der Waals surface area contributed by atoms with Crippen LogP contribution in [0.2, 0.25) is 0 Å². The lowest BCUT2D eigenvalue weighted by Crippen LogP contribution is -2.23. The van der Waals surface area contributed by atoms with Crippen molar-refractivity contribution in [3.8, 4) is 0 Å². The highest BCUT2D eigenvalue weighted by Gasteiger charge is 2.22. The van der Waals surface area contributed by atoms with Gasteiger partial charge in [0.25, 0.3) is 0 Å². The third-order valence-corrected chi connectivity index (χ3v) is 3.98. The summed E-state index contributed by atoms with van der Waals surface area (Å²) in [6.45, 7) is 11.9. The van der Waals surface area contributed by atoms with Crippen LogP contribution in [-0.2, 0) is 6.54 Å². The Labute approximate surface area is 116 Å². The first kappa shape index (κ1) is 14.2. The van der Waals surface area contributed by atoms with Crippen LogP contribution in [0.1, 0.15) is 32.4 Å². The highest BCUT2D eigenvalue weighted by molar-refractivity contribution is 5.64. The van der Waals surface area contributed by atoms with Crippen LogP contribution in [0, 0.1) is 12.8 Å². The molecule has 1 aromatic heterocycles. The molecule has 1 saturated heterocycles. The summed E-state index contributed by atoms with van der Waals surface area (Å²) < 4.78 is 2.01. The minimum absolute atomic E-state index is 0.727. The van der Waals surface area contributed by atoms with E-state index < -0.39 is 0 Å². The van der Waals surface area contributed by atoms with Gasteiger partial charge in [0.2, 0.25) is 0 Å². The Morgan fingerprint density at radius 3 is 2.84 bits per heavy atom. The monoisotopic (exact) mass is 265 g/mol. The molecule has 19 heavy (non-hydrogen) atoms. The Bertz CT molecular complexity index is 412. The summed E-state index contributed by atoms with van der Waals surface area (Å²) in [6, 6.07) is 0. The summed E-state index contributed by atoms with van der Waals surface area (Å²) in [5.41, 5.74) is 7.85. The van der Waals surface area contributed by atoms with Crippen molar-refractivity contribution < 1.29 is 0 Å². The molecule has 0 saturated carbocycles. The van der Waals surface area contributed by atoms with Crippen molar-refractivity contribution in [1.29, 1.82) is 0 Å². The van der Waals surface area contributed by atoms with Crippen LogP contribution in [0.25, 0.3) is 0 Å². The van der Waals surface area contributed by atoms with Crippen molar-refractivity contribution in [3.63, 3.8) is 0 Å². The first-order valence-electron chi connectivity index (χ1n) is 7.44. The molecule has 0 bridgehead atoms. The quantitative estimate of drug-likeness (QED) is 0.825. The smallest absolute Gasteiger partial charge is 0.148 e. The number of aryl methyl sites for hydroxylation is 2. The highest BCUT2D eigenvalue weighted by atomic mass is 15.3. The number of nitrogens with two attached hydrogens (primary N) is 1. The van der Waals surface area contributed by atoms with Gasteiger partial charge >= 0.3 is 0 Å². The number of nitrogen functional groups attached to an aromatic ring is 1. The molecular weight excluding hydrogens is 238 g/mol. The van der Waals surface area contributed by atoms with Gasteiger partial charge in [-0.25, -0.2) is 4.68 Å². The van der Waals surface area contributed by atoms with E-state index in [1.165, 1.54) is 19.5 Å². The Balaban J connectivity index is 1.95. The van der Waals surface area contributed by atoms with E-state index in [9.17, 15) is 0 Å². The topological polar surface area (TPSA) is 59.1 Å². The molecule has 0 aromatic carbocycles. The lowest BCUT2D eigenvalue weighted by Gasteiger charge is -2.15. The molecule has 1 atom stereocenters. The van der Waals surface area contributed by atoms with Crippen LogP contribution in [0.15, 0.2) is 0 Å². The minimum Gasteiger partial charge on any atom is -0.394 e. The average molecular weight is 265 g/mol. The number of anilines is 2. The zero-order valence-corrected chi connectivity index (χ0v) is 12.4. The van der Waals surface area contributed by atoms with E-state index in [0.717, 1.165) is 49.2 Å². The lowest BCUT2D eigenvalue weighted by atomic mass is 10.1. The molecule has 5 nitrogen and oxygen atoms in total. The van der Waals surface area contributed by atoms with E-state index in [1.807, 2.05) is 11.6 Å². The molecule has 0 spiro atoms. The Morgan fingerprint density at radius 1 is 1.42 bits per heavy atom. The summed E-state index contributed by atoms with van der Waals surface area (Å²) in [5.74, 6) is 1.74. The zero-order chi connectivity index (χ0) is 13.8. The second kappa shape index (κ2) is 6.28. The van der Waals surface area contributed by atoms with Gasteiger partial charge in [-0.1, -0.05) is 13.8 Å². The maximum atomic E-state index is 6.12. The van der Waals surface area contributed by atoms with E-state index in [4.69, 9.17) is 5.73 Å². The molecule has 0 aliphatic carbocycles. The average Bonchev–Trinajstić information content (AvgIpc) is 2.95. The van der Waals surface area contributed by atoms with Crippen molar-refractivity contribution in [2.75, 3.05) is 37.2 Å². The summed E-state index contributed by atoms with van der Waals surface area (Å²) in [7, 11) is 0. The second-order valence-electron chi connectivity index (χ2n) is 5.50. The van der Waals surface area contributed by atoms with E-state index >= 15 is 0 Å². The predicted molar refractivity (Wildman–Crippen MR) is 80.4 cm³/mol. The normalized spacial score (nSPS) is 20.1. The Morgan fingerprint density at radius 2 is 2.21 bits per heavy atom. The molecule has 3 N–H and O–H groups in total. The van der Waals surface area contributed by atoms with Crippen LogP contribution in [0.3, 0.4) is 0 Å². The van der Waals surface area contributed by atoms with Crippen LogP contribution in [0.5, 0.6) is 0 Å². The number of nitrogens with one attached hydrogen (secondary N) is 1. The van der Waals surface area contributed by atoms with E-state index in [2.05, 4.69) is 29.2 Å². The molecular formula is C14H27N5. The molecule has 1 unspecified atom stereocenters. The van der Waals surface area contributed by atoms with Crippen molar-refractivity contribution in [1.82, 2.24) is 14.7 Å². The number of hydrogen-bond acceptors (Lipinski definition) is 4. The third-order valence-electron chi connectivity index (χ3n) is 3.98. The fraction of sp³-hybridized carbons (Fsp3) is 0.786. The third kappa shape index (κ3) is 3.21. The number of aromatic nitrogens is 2. The van der Waals surface area contributed by atoms with Gasteiger partial charge in [-0.2, -0.15) is 5.10 Å². The van der Waals surface area contributed by atoms with Gasteiger partial charge in [-0.05, 0) is 38.8 Å². The largest absolute Gasteiger partial charge is 0.394 e. The van der Waals surface area contributed by atoms with Gasteiger partial charge in [0, 0.05) is 19.6 Å². The van der Waals surface area contributed by atoms with Gasteiger partial charge in [0.05, 0.1) is 11.4 Å². The molecule has 1 aromatic rings. The van der Waals surface area contributed by atoms with Crippen molar-refractivity contribution in [2.45, 2.75) is 40.2 Å². The van der Waals surface area contributed by atoms with E-state index in [1.54, 1.807) is 0 Å². The first-order chi connectivity index (χ1) is 9.15. The molecule has 5 heteroatoms. The summed E-state index contributed by atoms with van der Waals surface area (Å²) in [5, 5.41) is 8.02. The van der Waals surface area contributed by atoms with Gasteiger partial charge < -0.3 is 16.0 Å². The molecule has 1 aliphatic heterocycles. The van der Waals surface area contributed by atoms with E-state index in [-0.39, 0.29) is 0 Å². The fourth-order valence-electron chi connectivity index (χ4n) is 2.76. The van der Waals surface area contributed by atoms with Gasteiger partial charge in [-0.3, -0.25) is 0 Å². The van der Waals surface area contributed by atoms with Gasteiger partial charge in [0.1, 0.15) is 5.82 Å². The molecule has 2 heterocycles. The van der Waals surface area contributed by atoms with E-state index in [0.29, 0.717) is 0 Å². The van der Waals surface area contributed by atoms with Gasteiger partial charge in [-0.15, -0.1) is 0 Å². The standard InChI is InChI=1S/C14H27N5/c1-4-7-19-14(13(15)11(3)17-19)16-9-12-6-8-18(5-2)10-12/h12,16H,4-10,15H2,1-3H3. The second-order valence-corrected chi connectivity index (χ2v) is 5.50. The fourth-order valence-corrected chi connectivity index (χ4v) is 2.76. The maximum absolute atomic E-state index is 6.12. The van der Waals surface area contributed by atoms with Crippen LogP contribution in [0.4, 0.5) is 11.5 Å². The van der Waals surface area contributed by atoms with Crippen molar-refractivity contribution in [3.05, 3.63) is 5.69 Å². The summed E-state index contributed by atoms with van der Waals surface area (Å²) in [6.07, 6.45) is 2.35. The molecule has 0 amide bonds. The van der Waals surface area contributed by atoms with Crippen LogP contribution < -0.4 is 11.1 Å². The van der Waals surface area contributed by atoms with Crippen LogP contribution >= 0.6 is 0 Å².